The molecule has 0 aromatic carbocycles. The minimum atomic E-state index is -0.696. The average Bonchev–Trinajstić information content (AvgIpc) is 2.71. The third-order valence-electron chi connectivity index (χ3n) is 4.28. The molecule has 0 aromatic rings. The third kappa shape index (κ3) is 3.23. The summed E-state index contributed by atoms with van der Waals surface area (Å²) in [6, 6.07) is 0.579. The molecule has 0 aliphatic carbocycles. The lowest BCUT2D eigenvalue weighted by atomic mass is 9.96. The normalized spacial score (nSPS) is 30.4. The topological polar surface area (TPSA) is 52.6 Å². The maximum atomic E-state index is 11.3. The Hall–Kier alpha value is -0.610. The SMILES string of the molecule is CC(C)CC(NC1CCN2CCCCC12)C(=O)O. The number of carbonyl (C=O) groups is 1. The van der Waals surface area contributed by atoms with Crippen molar-refractivity contribution in [2.45, 2.75) is 64.1 Å². The summed E-state index contributed by atoms with van der Waals surface area (Å²) in [5.41, 5.74) is 0. The second kappa shape index (κ2) is 6.02. The lowest BCUT2D eigenvalue weighted by Gasteiger charge is -2.34. The van der Waals surface area contributed by atoms with Crippen molar-refractivity contribution in [1.29, 1.82) is 0 Å². The number of aliphatic carboxylic acids is 1. The molecule has 3 unspecified atom stereocenters. The van der Waals surface area contributed by atoms with E-state index < -0.39 is 5.97 Å². The van der Waals surface area contributed by atoms with Crippen LogP contribution in [0.15, 0.2) is 0 Å². The maximum absolute atomic E-state index is 11.3. The summed E-state index contributed by atoms with van der Waals surface area (Å²) in [7, 11) is 0. The van der Waals surface area contributed by atoms with Crippen molar-refractivity contribution < 1.29 is 9.90 Å². The van der Waals surface area contributed by atoms with Crippen LogP contribution in [0.3, 0.4) is 0 Å². The van der Waals surface area contributed by atoms with Crippen molar-refractivity contribution in [1.82, 2.24) is 10.2 Å². The van der Waals surface area contributed by atoms with Gasteiger partial charge in [0.25, 0.3) is 0 Å². The van der Waals surface area contributed by atoms with E-state index in [0.29, 0.717) is 18.0 Å². The molecule has 0 saturated carbocycles. The zero-order chi connectivity index (χ0) is 13.1. The maximum Gasteiger partial charge on any atom is 0.320 e. The van der Waals surface area contributed by atoms with E-state index in [1.54, 1.807) is 0 Å². The van der Waals surface area contributed by atoms with Crippen LogP contribution in [0, 0.1) is 5.92 Å². The van der Waals surface area contributed by atoms with Gasteiger partial charge in [-0.15, -0.1) is 0 Å². The van der Waals surface area contributed by atoms with E-state index >= 15 is 0 Å². The van der Waals surface area contributed by atoms with Gasteiger partial charge in [0.15, 0.2) is 0 Å². The smallest absolute Gasteiger partial charge is 0.320 e. The molecule has 2 fully saturated rings. The molecule has 2 rings (SSSR count). The fourth-order valence-electron chi connectivity index (χ4n) is 3.41. The van der Waals surface area contributed by atoms with E-state index in [-0.39, 0.29) is 6.04 Å². The van der Waals surface area contributed by atoms with Crippen LogP contribution >= 0.6 is 0 Å². The molecule has 3 atom stereocenters. The van der Waals surface area contributed by atoms with E-state index in [9.17, 15) is 9.90 Å². The first kappa shape index (κ1) is 13.8. The molecule has 0 aromatic heterocycles. The highest BCUT2D eigenvalue weighted by atomic mass is 16.4. The number of nitrogens with one attached hydrogen (secondary N) is 1. The molecule has 2 N–H and O–H groups in total. The Bertz CT molecular complexity index is 294. The molecule has 18 heavy (non-hydrogen) atoms. The number of hydrogen-bond acceptors (Lipinski definition) is 3. The molecule has 2 aliphatic heterocycles. The molecule has 0 amide bonds. The highest BCUT2D eigenvalue weighted by Gasteiger charge is 2.37. The molecule has 2 saturated heterocycles. The van der Waals surface area contributed by atoms with Crippen LogP contribution in [-0.2, 0) is 4.79 Å². The van der Waals surface area contributed by atoms with Gasteiger partial charge < -0.3 is 5.11 Å². The highest BCUT2D eigenvalue weighted by molar-refractivity contribution is 5.73. The van der Waals surface area contributed by atoms with Gasteiger partial charge in [0.05, 0.1) is 0 Å². The van der Waals surface area contributed by atoms with Crippen LogP contribution in [0.25, 0.3) is 0 Å². The van der Waals surface area contributed by atoms with E-state index in [1.807, 2.05) is 0 Å². The van der Waals surface area contributed by atoms with Crippen LogP contribution < -0.4 is 5.32 Å². The minimum absolute atomic E-state index is 0.378. The lowest BCUT2D eigenvalue weighted by Crippen LogP contribution is -2.50. The van der Waals surface area contributed by atoms with Gasteiger partial charge in [-0.05, 0) is 38.1 Å². The van der Waals surface area contributed by atoms with Gasteiger partial charge >= 0.3 is 5.97 Å². The molecule has 2 heterocycles. The number of nitrogens with zero attached hydrogens (tertiary/aromatic N) is 1. The summed E-state index contributed by atoms with van der Waals surface area (Å²) in [4.78, 5) is 13.8. The Kier molecular flexibility index (Phi) is 4.62. The first-order chi connectivity index (χ1) is 8.58. The van der Waals surface area contributed by atoms with Gasteiger partial charge in [-0.25, -0.2) is 0 Å². The Morgan fingerprint density at radius 3 is 2.78 bits per heavy atom. The monoisotopic (exact) mass is 254 g/mol. The number of hydrogen-bond donors (Lipinski definition) is 2. The summed E-state index contributed by atoms with van der Waals surface area (Å²) in [5, 5.41) is 12.7. The van der Waals surface area contributed by atoms with E-state index in [1.165, 1.54) is 25.8 Å². The van der Waals surface area contributed by atoms with Gasteiger partial charge in [0.2, 0.25) is 0 Å². The molecule has 104 valence electrons. The number of carboxylic acid groups (broad SMARTS) is 1. The number of fused-ring (bicyclic) bond motifs is 1. The summed E-state index contributed by atoms with van der Waals surface area (Å²) >= 11 is 0. The largest absolute Gasteiger partial charge is 0.480 e. The number of rotatable bonds is 5. The molecular weight excluding hydrogens is 228 g/mol. The van der Waals surface area contributed by atoms with Crippen molar-refractivity contribution in [2.75, 3.05) is 13.1 Å². The number of piperidine rings is 1. The van der Waals surface area contributed by atoms with Gasteiger partial charge in [-0.3, -0.25) is 15.0 Å². The molecule has 4 heteroatoms. The predicted octanol–water partition coefficient (Wildman–Crippen LogP) is 1.70. The van der Waals surface area contributed by atoms with Crippen LogP contribution in [0.4, 0.5) is 0 Å². The third-order valence-corrected chi connectivity index (χ3v) is 4.28. The van der Waals surface area contributed by atoms with Crippen LogP contribution in [0.5, 0.6) is 0 Å². The summed E-state index contributed by atoms with van der Waals surface area (Å²) in [6.07, 6.45) is 5.65. The molecule has 2 aliphatic rings. The highest BCUT2D eigenvalue weighted by Crippen LogP contribution is 2.27. The van der Waals surface area contributed by atoms with Gasteiger partial charge in [0.1, 0.15) is 6.04 Å². The minimum Gasteiger partial charge on any atom is -0.480 e. The Morgan fingerprint density at radius 2 is 2.11 bits per heavy atom. The molecular formula is C14H26N2O2. The van der Waals surface area contributed by atoms with Crippen molar-refractivity contribution in [3.05, 3.63) is 0 Å². The van der Waals surface area contributed by atoms with Gasteiger partial charge in [-0.2, -0.15) is 0 Å². The predicted molar refractivity (Wildman–Crippen MR) is 71.6 cm³/mol. The zero-order valence-corrected chi connectivity index (χ0v) is 11.6. The fourth-order valence-corrected chi connectivity index (χ4v) is 3.41. The quantitative estimate of drug-likeness (QED) is 0.784. The molecule has 4 nitrogen and oxygen atoms in total. The first-order valence-corrected chi connectivity index (χ1v) is 7.31. The Morgan fingerprint density at radius 1 is 1.33 bits per heavy atom. The lowest BCUT2D eigenvalue weighted by molar-refractivity contribution is -0.140. The fraction of sp³-hybridized carbons (Fsp3) is 0.929. The average molecular weight is 254 g/mol. The van der Waals surface area contributed by atoms with E-state index in [2.05, 4.69) is 24.1 Å². The van der Waals surface area contributed by atoms with Crippen LogP contribution in [0.2, 0.25) is 0 Å². The molecule has 0 radical (unpaired) electrons. The van der Waals surface area contributed by atoms with Crippen molar-refractivity contribution in [3.8, 4) is 0 Å². The van der Waals surface area contributed by atoms with Crippen molar-refractivity contribution >= 4 is 5.97 Å². The van der Waals surface area contributed by atoms with Gasteiger partial charge in [-0.1, -0.05) is 20.3 Å². The van der Waals surface area contributed by atoms with Crippen LogP contribution in [-0.4, -0.2) is 47.2 Å². The van der Waals surface area contributed by atoms with Crippen LogP contribution in [0.1, 0.15) is 46.0 Å². The zero-order valence-electron chi connectivity index (χ0n) is 11.6. The molecule has 0 bridgehead atoms. The molecule has 0 spiro atoms. The second-order valence-electron chi connectivity index (χ2n) is 6.18. The van der Waals surface area contributed by atoms with Gasteiger partial charge in [0, 0.05) is 18.6 Å². The van der Waals surface area contributed by atoms with E-state index in [4.69, 9.17) is 0 Å². The summed E-state index contributed by atoms with van der Waals surface area (Å²) in [5.74, 6) is -0.277. The van der Waals surface area contributed by atoms with Crippen molar-refractivity contribution in [2.24, 2.45) is 5.92 Å². The number of carboxylic acids is 1. The van der Waals surface area contributed by atoms with Crippen molar-refractivity contribution in [3.63, 3.8) is 0 Å². The summed E-state index contributed by atoms with van der Waals surface area (Å²) in [6.45, 7) is 6.50. The first-order valence-electron chi connectivity index (χ1n) is 7.31. The second-order valence-corrected chi connectivity index (χ2v) is 6.18. The Balaban J connectivity index is 1.92. The summed E-state index contributed by atoms with van der Waals surface area (Å²) < 4.78 is 0. The standard InChI is InChI=1S/C14H26N2O2/c1-10(2)9-12(14(17)18)15-11-6-8-16-7-4-3-5-13(11)16/h10-13,15H,3-9H2,1-2H3,(H,17,18). The van der Waals surface area contributed by atoms with E-state index in [0.717, 1.165) is 19.4 Å². The Labute approximate surface area is 110 Å².